The van der Waals surface area contributed by atoms with Crippen molar-refractivity contribution in [2.24, 2.45) is 0 Å². The first-order valence-corrected chi connectivity index (χ1v) is 8.22. The number of rotatable bonds is 3. The molecule has 2 heterocycles. The van der Waals surface area contributed by atoms with E-state index in [0.717, 1.165) is 24.9 Å². The topological polar surface area (TPSA) is 55.2 Å². The van der Waals surface area contributed by atoms with Crippen molar-refractivity contribution in [3.8, 4) is 5.69 Å². The quantitative estimate of drug-likeness (QED) is 0.869. The zero-order chi connectivity index (χ0) is 14.0. The van der Waals surface area contributed by atoms with E-state index in [1.165, 1.54) is 0 Å². The molecule has 0 bridgehead atoms. The number of hydrogen-bond donors (Lipinski definition) is 0. The van der Waals surface area contributed by atoms with Gasteiger partial charge in [0.25, 0.3) is 0 Å². The number of benzene rings is 1. The third-order valence-electron chi connectivity index (χ3n) is 3.56. The molecule has 1 aromatic heterocycles. The maximum absolute atomic E-state index is 12.5. The highest BCUT2D eigenvalue weighted by molar-refractivity contribution is 7.89. The lowest BCUT2D eigenvalue weighted by Gasteiger charge is -2.25. The van der Waals surface area contributed by atoms with Crippen molar-refractivity contribution < 1.29 is 8.42 Å². The average molecular weight is 291 g/mol. The molecule has 1 aromatic carbocycles. The summed E-state index contributed by atoms with van der Waals surface area (Å²) in [6, 6.07) is 8.70. The van der Waals surface area contributed by atoms with Crippen LogP contribution in [0.4, 0.5) is 0 Å². The van der Waals surface area contributed by atoms with Gasteiger partial charge in [0.1, 0.15) is 0 Å². The van der Waals surface area contributed by atoms with E-state index in [-0.39, 0.29) is 0 Å². The molecular formula is C14H17N3O2S. The van der Waals surface area contributed by atoms with Crippen molar-refractivity contribution in [3.63, 3.8) is 0 Å². The summed E-state index contributed by atoms with van der Waals surface area (Å²) in [5.74, 6) is 0. The van der Waals surface area contributed by atoms with Crippen LogP contribution in [0.15, 0.2) is 47.6 Å². The van der Waals surface area contributed by atoms with E-state index < -0.39 is 10.0 Å². The van der Waals surface area contributed by atoms with Crippen molar-refractivity contribution >= 4 is 10.0 Å². The Morgan fingerprint density at radius 2 is 1.70 bits per heavy atom. The Kier molecular flexibility index (Phi) is 3.58. The van der Waals surface area contributed by atoms with Gasteiger partial charge in [0.05, 0.1) is 10.6 Å². The van der Waals surface area contributed by atoms with Crippen LogP contribution in [-0.4, -0.2) is 35.6 Å². The second-order valence-corrected chi connectivity index (χ2v) is 6.85. The lowest BCUT2D eigenvalue weighted by Crippen LogP contribution is -2.35. The number of nitrogens with zero attached hydrogens (tertiary/aromatic N) is 3. The number of sulfonamides is 1. The molecule has 0 spiro atoms. The molecule has 1 aliphatic heterocycles. The Balaban J connectivity index is 1.87. The fourth-order valence-corrected chi connectivity index (χ4v) is 3.96. The van der Waals surface area contributed by atoms with E-state index >= 15 is 0 Å². The molecule has 106 valence electrons. The predicted octanol–water partition coefficient (Wildman–Crippen LogP) is 2.05. The molecule has 1 fully saturated rings. The molecular weight excluding hydrogens is 274 g/mol. The first-order valence-electron chi connectivity index (χ1n) is 6.78. The summed E-state index contributed by atoms with van der Waals surface area (Å²) in [7, 11) is -3.34. The molecule has 6 heteroatoms. The molecule has 5 nitrogen and oxygen atoms in total. The molecule has 1 aliphatic rings. The monoisotopic (exact) mass is 291 g/mol. The van der Waals surface area contributed by atoms with Crippen LogP contribution >= 0.6 is 0 Å². The van der Waals surface area contributed by atoms with Gasteiger partial charge < -0.3 is 0 Å². The molecule has 2 aromatic rings. The van der Waals surface area contributed by atoms with Crippen molar-refractivity contribution in [2.45, 2.75) is 24.2 Å². The smallest absolute Gasteiger partial charge is 0.241 e. The van der Waals surface area contributed by atoms with Gasteiger partial charge in [-0.3, -0.25) is 0 Å². The third kappa shape index (κ3) is 2.48. The van der Waals surface area contributed by atoms with Crippen molar-refractivity contribution in [3.05, 3.63) is 42.7 Å². The van der Waals surface area contributed by atoms with Gasteiger partial charge in [-0.2, -0.15) is 9.40 Å². The third-order valence-corrected chi connectivity index (χ3v) is 5.47. The highest BCUT2D eigenvalue weighted by Gasteiger charge is 2.25. The summed E-state index contributed by atoms with van der Waals surface area (Å²) >= 11 is 0. The van der Waals surface area contributed by atoms with E-state index in [2.05, 4.69) is 5.10 Å². The fraction of sp³-hybridized carbons (Fsp3) is 0.357. The van der Waals surface area contributed by atoms with Crippen LogP contribution in [0.25, 0.3) is 5.69 Å². The predicted molar refractivity (Wildman–Crippen MR) is 76.2 cm³/mol. The van der Waals surface area contributed by atoms with Crippen LogP contribution in [0.1, 0.15) is 19.3 Å². The van der Waals surface area contributed by atoms with Crippen molar-refractivity contribution in [2.75, 3.05) is 13.1 Å². The molecule has 3 rings (SSSR count). The lowest BCUT2D eigenvalue weighted by atomic mass is 10.2. The van der Waals surface area contributed by atoms with Crippen LogP contribution in [0, 0.1) is 0 Å². The second kappa shape index (κ2) is 5.38. The van der Waals surface area contributed by atoms with Crippen LogP contribution < -0.4 is 0 Å². The van der Waals surface area contributed by atoms with Crippen LogP contribution in [0.3, 0.4) is 0 Å². The maximum atomic E-state index is 12.5. The van der Waals surface area contributed by atoms with Gasteiger partial charge in [-0.05, 0) is 43.2 Å². The first kappa shape index (κ1) is 13.3. The number of piperidine rings is 1. The van der Waals surface area contributed by atoms with Gasteiger partial charge in [0.15, 0.2) is 0 Å². The average Bonchev–Trinajstić information content (AvgIpc) is 3.02. The fourth-order valence-electron chi connectivity index (χ4n) is 2.45. The van der Waals surface area contributed by atoms with Gasteiger partial charge in [-0.1, -0.05) is 6.42 Å². The van der Waals surface area contributed by atoms with Crippen molar-refractivity contribution in [1.82, 2.24) is 14.1 Å². The van der Waals surface area contributed by atoms with Gasteiger partial charge in [-0.15, -0.1) is 0 Å². The summed E-state index contributed by atoms with van der Waals surface area (Å²) in [6.07, 6.45) is 6.53. The standard InChI is InChI=1S/C14H17N3O2S/c18-20(19,16-10-2-1-3-11-16)14-7-5-13(6-8-14)17-12-4-9-15-17/h4-9,12H,1-3,10-11H2. The molecule has 0 saturated carbocycles. The maximum Gasteiger partial charge on any atom is 0.243 e. The van der Waals surface area contributed by atoms with Crippen LogP contribution in [0.5, 0.6) is 0 Å². The van der Waals surface area contributed by atoms with Crippen LogP contribution in [-0.2, 0) is 10.0 Å². The van der Waals surface area contributed by atoms with Gasteiger partial charge >= 0.3 is 0 Å². The second-order valence-electron chi connectivity index (χ2n) is 4.91. The highest BCUT2D eigenvalue weighted by Crippen LogP contribution is 2.21. The Labute approximate surface area is 118 Å². The van der Waals surface area contributed by atoms with Gasteiger partial charge in [0, 0.05) is 25.5 Å². The number of aromatic nitrogens is 2. The van der Waals surface area contributed by atoms with Crippen LogP contribution in [0.2, 0.25) is 0 Å². The largest absolute Gasteiger partial charge is 0.243 e. The lowest BCUT2D eigenvalue weighted by molar-refractivity contribution is 0.346. The molecule has 0 amide bonds. The Bertz CT molecular complexity index is 657. The molecule has 0 atom stereocenters. The molecule has 0 radical (unpaired) electrons. The normalized spacial score (nSPS) is 17.2. The van der Waals surface area contributed by atoms with E-state index in [4.69, 9.17) is 0 Å². The molecule has 0 unspecified atom stereocenters. The first-order chi connectivity index (χ1) is 9.68. The SMILES string of the molecule is O=S(=O)(c1ccc(-n2cccn2)cc1)N1CCCCC1. The summed E-state index contributed by atoms with van der Waals surface area (Å²) in [5.41, 5.74) is 0.854. The van der Waals surface area contributed by atoms with Gasteiger partial charge in [0.2, 0.25) is 10.0 Å². The minimum Gasteiger partial charge on any atom is -0.241 e. The summed E-state index contributed by atoms with van der Waals surface area (Å²) in [6.45, 7) is 1.26. The zero-order valence-corrected chi connectivity index (χ0v) is 12.0. The van der Waals surface area contributed by atoms with E-state index in [1.54, 1.807) is 39.4 Å². The zero-order valence-electron chi connectivity index (χ0n) is 11.1. The van der Waals surface area contributed by atoms with E-state index in [1.807, 2.05) is 12.3 Å². The Hall–Kier alpha value is -1.66. The van der Waals surface area contributed by atoms with Gasteiger partial charge in [-0.25, -0.2) is 13.1 Å². The molecule has 20 heavy (non-hydrogen) atoms. The summed E-state index contributed by atoms with van der Waals surface area (Å²) in [4.78, 5) is 0.357. The molecule has 1 saturated heterocycles. The van der Waals surface area contributed by atoms with E-state index in [9.17, 15) is 8.42 Å². The Morgan fingerprint density at radius 1 is 1.00 bits per heavy atom. The summed E-state index contributed by atoms with van der Waals surface area (Å²) in [5, 5.41) is 4.12. The minimum atomic E-state index is -3.34. The van der Waals surface area contributed by atoms with Crippen molar-refractivity contribution in [1.29, 1.82) is 0 Å². The highest BCUT2D eigenvalue weighted by atomic mass is 32.2. The molecule has 0 aliphatic carbocycles. The summed E-state index contributed by atoms with van der Waals surface area (Å²) < 4.78 is 28.3. The molecule has 0 N–H and O–H groups in total. The number of hydrogen-bond acceptors (Lipinski definition) is 3. The van der Waals surface area contributed by atoms with E-state index in [0.29, 0.717) is 18.0 Å². The minimum absolute atomic E-state index is 0.357. The Morgan fingerprint density at radius 3 is 2.30 bits per heavy atom.